The second-order valence-corrected chi connectivity index (χ2v) is 3.77. The van der Waals surface area contributed by atoms with Gasteiger partial charge in [0, 0.05) is 18.6 Å². The van der Waals surface area contributed by atoms with E-state index in [9.17, 15) is 4.79 Å². The molecular weight excluding hydrogens is 204 g/mol. The van der Waals surface area contributed by atoms with Crippen LogP contribution in [0.4, 0.5) is 0 Å². The molecule has 0 spiro atoms. The van der Waals surface area contributed by atoms with Gasteiger partial charge >= 0.3 is 0 Å². The molecule has 5 heteroatoms. The number of hydrogen-bond acceptors (Lipinski definition) is 4. The highest BCUT2D eigenvalue weighted by Gasteiger charge is 2.06. The summed E-state index contributed by atoms with van der Waals surface area (Å²) >= 11 is 0. The van der Waals surface area contributed by atoms with E-state index in [1.807, 2.05) is 12.3 Å². The first-order chi connectivity index (χ1) is 7.70. The average molecular weight is 216 g/mol. The second kappa shape index (κ2) is 4.22. The molecule has 0 amide bonds. The number of aldehydes is 1. The highest BCUT2D eigenvalue weighted by atomic mass is 16.1. The van der Waals surface area contributed by atoms with E-state index in [0.717, 1.165) is 5.69 Å². The van der Waals surface area contributed by atoms with Crippen LogP contribution < -0.4 is 0 Å². The molecule has 2 aromatic heterocycles. The summed E-state index contributed by atoms with van der Waals surface area (Å²) in [6.07, 6.45) is 5.48. The van der Waals surface area contributed by atoms with Gasteiger partial charge in [-0.3, -0.25) is 4.79 Å². The molecule has 0 unspecified atom stereocenters. The Balaban J connectivity index is 2.31. The summed E-state index contributed by atoms with van der Waals surface area (Å²) in [5.74, 6) is 0.841. The van der Waals surface area contributed by atoms with Crippen LogP contribution in [0.2, 0.25) is 0 Å². The van der Waals surface area contributed by atoms with Crippen molar-refractivity contribution in [2.75, 3.05) is 0 Å². The molecule has 0 N–H and O–H groups in total. The molecule has 0 bridgehead atoms. The van der Waals surface area contributed by atoms with Gasteiger partial charge in [-0.1, -0.05) is 13.8 Å². The van der Waals surface area contributed by atoms with Crippen molar-refractivity contribution in [3.05, 3.63) is 35.9 Å². The fraction of sp³-hybridized carbons (Fsp3) is 0.273. The van der Waals surface area contributed by atoms with Gasteiger partial charge < -0.3 is 0 Å². The summed E-state index contributed by atoms with van der Waals surface area (Å²) in [4.78, 5) is 18.5. The number of carbonyl (C=O) groups is 1. The van der Waals surface area contributed by atoms with Crippen molar-refractivity contribution >= 4 is 6.29 Å². The summed E-state index contributed by atoms with van der Waals surface area (Å²) in [6, 6.07) is 1.93. The Morgan fingerprint density at radius 2 is 2.00 bits per heavy atom. The van der Waals surface area contributed by atoms with Crippen LogP contribution in [0.5, 0.6) is 0 Å². The molecule has 0 saturated carbocycles. The summed E-state index contributed by atoms with van der Waals surface area (Å²) in [6.45, 7) is 4.14. The van der Waals surface area contributed by atoms with E-state index in [1.165, 1.54) is 12.4 Å². The number of rotatable bonds is 3. The molecule has 0 saturated heterocycles. The van der Waals surface area contributed by atoms with E-state index in [-0.39, 0.29) is 0 Å². The van der Waals surface area contributed by atoms with Crippen molar-refractivity contribution in [2.24, 2.45) is 0 Å². The van der Waals surface area contributed by atoms with Gasteiger partial charge in [0.25, 0.3) is 0 Å². The maximum absolute atomic E-state index is 10.4. The van der Waals surface area contributed by atoms with Crippen molar-refractivity contribution in [3.8, 4) is 5.95 Å². The van der Waals surface area contributed by atoms with Crippen LogP contribution in [0, 0.1) is 0 Å². The van der Waals surface area contributed by atoms with Crippen molar-refractivity contribution in [3.63, 3.8) is 0 Å². The zero-order chi connectivity index (χ0) is 11.5. The SMILES string of the molecule is CC(C)c1ccn(-c2ncc(C=O)cn2)n1. The molecule has 82 valence electrons. The highest BCUT2D eigenvalue weighted by molar-refractivity contribution is 5.73. The van der Waals surface area contributed by atoms with Crippen LogP contribution in [0.25, 0.3) is 5.95 Å². The third-order valence-corrected chi connectivity index (χ3v) is 2.20. The number of aromatic nitrogens is 4. The van der Waals surface area contributed by atoms with Crippen LogP contribution in [-0.4, -0.2) is 26.0 Å². The molecule has 2 aromatic rings. The van der Waals surface area contributed by atoms with Crippen molar-refractivity contribution in [2.45, 2.75) is 19.8 Å². The van der Waals surface area contributed by atoms with Crippen molar-refractivity contribution < 1.29 is 4.79 Å². The highest BCUT2D eigenvalue weighted by Crippen LogP contribution is 2.11. The third kappa shape index (κ3) is 1.98. The normalized spacial score (nSPS) is 10.7. The molecule has 2 rings (SSSR count). The second-order valence-electron chi connectivity index (χ2n) is 3.77. The molecule has 0 fully saturated rings. The molecule has 0 aliphatic carbocycles. The first-order valence-electron chi connectivity index (χ1n) is 5.04. The van der Waals surface area contributed by atoms with Gasteiger partial charge in [0.15, 0.2) is 6.29 Å². The quantitative estimate of drug-likeness (QED) is 0.731. The van der Waals surface area contributed by atoms with E-state index in [4.69, 9.17) is 0 Å². The summed E-state index contributed by atoms with van der Waals surface area (Å²) < 4.78 is 1.60. The Bertz CT molecular complexity index is 487. The molecule has 16 heavy (non-hydrogen) atoms. The van der Waals surface area contributed by atoms with Crippen LogP contribution in [-0.2, 0) is 0 Å². The maximum Gasteiger partial charge on any atom is 0.250 e. The number of nitrogens with zero attached hydrogens (tertiary/aromatic N) is 4. The van der Waals surface area contributed by atoms with E-state index in [2.05, 4.69) is 28.9 Å². The smallest absolute Gasteiger partial charge is 0.250 e. The number of carbonyl (C=O) groups excluding carboxylic acids is 1. The topological polar surface area (TPSA) is 60.7 Å². The Morgan fingerprint density at radius 3 is 2.50 bits per heavy atom. The summed E-state index contributed by atoms with van der Waals surface area (Å²) in [7, 11) is 0. The lowest BCUT2D eigenvalue weighted by Gasteiger charge is -2.00. The van der Waals surface area contributed by atoms with Crippen LogP contribution >= 0.6 is 0 Å². The minimum atomic E-state index is 0.371. The summed E-state index contributed by atoms with van der Waals surface area (Å²) in [5, 5.41) is 4.34. The third-order valence-electron chi connectivity index (χ3n) is 2.20. The van der Waals surface area contributed by atoms with Crippen molar-refractivity contribution in [1.29, 1.82) is 0 Å². The van der Waals surface area contributed by atoms with Crippen LogP contribution in [0.3, 0.4) is 0 Å². The Hall–Kier alpha value is -2.04. The van der Waals surface area contributed by atoms with Crippen LogP contribution in [0.15, 0.2) is 24.7 Å². The maximum atomic E-state index is 10.4. The summed E-state index contributed by atoms with van der Waals surface area (Å²) in [5.41, 5.74) is 1.45. The standard InChI is InChI=1S/C11H12N4O/c1-8(2)10-3-4-15(14-10)11-12-5-9(7-16)6-13-11/h3-8H,1-2H3. The van der Waals surface area contributed by atoms with E-state index in [1.54, 1.807) is 4.68 Å². The molecule has 0 aliphatic heterocycles. The fourth-order valence-corrected chi connectivity index (χ4v) is 1.27. The Labute approximate surface area is 93.2 Å². The molecule has 0 atom stereocenters. The van der Waals surface area contributed by atoms with Gasteiger partial charge in [-0.25, -0.2) is 14.6 Å². The van der Waals surface area contributed by atoms with Gasteiger partial charge in [-0.05, 0) is 12.0 Å². The molecule has 0 aliphatic rings. The van der Waals surface area contributed by atoms with E-state index >= 15 is 0 Å². The lowest BCUT2D eigenvalue weighted by atomic mass is 10.1. The minimum Gasteiger partial charge on any atom is -0.298 e. The van der Waals surface area contributed by atoms with Gasteiger partial charge in [0.05, 0.1) is 11.3 Å². The zero-order valence-corrected chi connectivity index (χ0v) is 9.16. The molecule has 2 heterocycles. The largest absolute Gasteiger partial charge is 0.298 e. The van der Waals surface area contributed by atoms with E-state index < -0.39 is 0 Å². The minimum absolute atomic E-state index is 0.371. The molecular formula is C11H12N4O. The molecule has 5 nitrogen and oxygen atoms in total. The van der Waals surface area contributed by atoms with Crippen LogP contribution in [0.1, 0.15) is 35.8 Å². The Morgan fingerprint density at radius 1 is 1.31 bits per heavy atom. The first kappa shape index (κ1) is 10.5. The lowest BCUT2D eigenvalue weighted by molar-refractivity contribution is 0.112. The lowest BCUT2D eigenvalue weighted by Crippen LogP contribution is -2.03. The zero-order valence-electron chi connectivity index (χ0n) is 9.16. The first-order valence-corrected chi connectivity index (χ1v) is 5.04. The van der Waals surface area contributed by atoms with Gasteiger partial charge in [-0.2, -0.15) is 5.10 Å². The van der Waals surface area contributed by atoms with Crippen molar-refractivity contribution in [1.82, 2.24) is 19.7 Å². The van der Waals surface area contributed by atoms with E-state index in [0.29, 0.717) is 23.7 Å². The van der Waals surface area contributed by atoms with Gasteiger partial charge in [0.2, 0.25) is 5.95 Å². The Kier molecular flexibility index (Phi) is 2.76. The fourth-order valence-electron chi connectivity index (χ4n) is 1.27. The molecule has 0 radical (unpaired) electrons. The van der Waals surface area contributed by atoms with Gasteiger partial charge in [-0.15, -0.1) is 0 Å². The predicted molar refractivity (Wildman–Crippen MR) is 58.6 cm³/mol. The molecule has 0 aromatic carbocycles. The predicted octanol–water partition coefficient (Wildman–Crippen LogP) is 1.60. The average Bonchev–Trinajstić information content (AvgIpc) is 2.78. The number of hydrogen-bond donors (Lipinski definition) is 0. The monoisotopic (exact) mass is 216 g/mol. The van der Waals surface area contributed by atoms with Gasteiger partial charge in [0.1, 0.15) is 0 Å².